The second-order valence-corrected chi connectivity index (χ2v) is 9.01. The Hall–Kier alpha value is -3.97. The first-order valence-corrected chi connectivity index (χ1v) is 11.3. The summed E-state index contributed by atoms with van der Waals surface area (Å²) in [5.41, 5.74) is 1.58. The zero-order valence-corrected chi connectivity index (χ0v) is 20.0. The quantitative estimate of drug-likeness (QED) is 0.650. The first-order chi connectivity index (χ1) is 16.8. The molecule has 180 valence electrons. The summed E-state index contributed by atoms with van der Waals surface area (Å²) in [6, 6.07) is 7.77. The Bertz CT molecular complexity index is 1290. The van der Waals surface area contributed by atoms with Crippen LogP contribution in [0.4, 0.5) is 21.0 Å². The van der Waals surface area contributed by atoms with Gasteiger partial charge in [0.1, 0.15) is 23.6 Å². The smallest absolute Gasteiger partial charge is 0.332 e. The maximum absolute atomic E-state index is 13.5. The van der Waals surface area contributed by atoms with E-state index < -0.39 is 24.0 Å². The fourth-order valence-corrected chi connectivity index (χ4v) is 5.39. The van der Waals surface area contributed by atoms with Crippen LogP contribution in [-0.2, 0) is 4.79 Å². The number of nitrogens with zero attached hydrogens (tertiary/aromatic N) is 4. The van der Waals surface area contributed by atoms with Crippen molar-refractivity contribution in [3.05, 3.63) is 46.5 Å². The van der Waals surface area contributed by atoms with Crippen molar-refractivity contribution in [3.8, 4) is 17.6 Å². The molecule has 2 unspecified atom stereocenters. The number of piperazine rings is 1. The molecule has 3 aliphatic heterocycles. The monoisotopic (exact) mass is 495 g/mol. The van der Waals surface area contributed by atoms with Crippen LogP contribution in [-0.4, -0.2) is 66.7 Å². The average Bonchev–Trinajstić information content (AvgIpc) is 3.52. The summed E-state index contributed by atoms with van der Waals surface area (Å²) in [6.45, 7) is 1.98. The number of benzene rings is 2. The highest BCUT2D eigenvalue weighted by Crippen LogP contribution is 2.44. The highest BCUT2D eigenvalue weighted by Gasteiger charge is 2.63. The Morgan fingerprint density at radius 1 is 1.17 bits per heavy atom. The Balaban J connectivity index is 1.39. The van der Waals surface area contributed by atoms with Gasteiger partial charge in [-0.15, -0.1) is 0 Å². The van der Waals surface area contributed by atoms with Crippen LogP contribution in [0.2, 0.25) is 5.02 Å². The molecule has 3 atom stereocenters. The van der Waals surface area contributed by atoms with E-state index in [9.17, 15) is 19.6 Å². The van der Waals surface area contributed by atoms with Crippen LogP contribution in [0.25, 0.3) is 0 Å². The van der Waals surface area contributed by atoms with Gasteiger partial charge < -0.3 is 24.6 Å². The van der Waals surface area contributed by atoms with E-state index in [-0.39, 0.29) is 22.7 Å². The topological polar surface area (TPSA) is 115 Å². The van der Waals surface area contributed by atoms with Crippen LogP contribution in [0.5, 0.6) is 11.5 Å². The Labute approximate surface area is 206 Å². The van der Waals surface area contributed by atoms with Gasteiger partial charge in [-0.05, 0) is 31.0 Å². The number of carbonyl (C=O) groups is 3. The van der Waals surface area contributed by atoms with Gasteiger partial charge in [0.25, 0.3) is 5.91 Å². The lowest BCUT2D eigenvalue weighted by Crippen LogP contribution is -2.55. The van der Waals surface area contributed by atoms with E-state index in [0.717, 1.165) is 4.90 Å². The molecule has 3 aliphatic rings. The van der Waals surface area contributed by atoms with E-state index in [0.29, 0.717) is 41.4 Å². The van der Waals surface area contributed by atoms with Gasteiger partial charge in [-0.25, -0.2) is 14.5 Å². The normalized spacial score (nSPS) is 22.4. The number of hydrogen-bond donors (Lipinski definition) is 1. The maximum atomic E-state index is 13.5. The fourth-order valence-electron chi connectivity index (χ4n) is 5.19. The van der Waals surface area contributed by atoms with Crippen molar-refractivity contribution in [2.45, 2.75) is 31.5 Å². The summed E-state index contributed by atoms with van der Waals surface area (Å²) in [5, 5.41) is 12.3. The van der Waals surface area contributed by atoms with Crippen LogP contribution in [0.1, 0.15) is 17.5 Å². The van der Waals surface area contributed by atoms with E-state index in [4.69, 9.17) is 21.1 Å². The zero-order valence-electron chi connectivity index (χ0n) is 19.2. The molecule has 3 fully saturated rings. The summed E-state index contributed by atoms with van der Waals surface area (Å²) in [6.07, 6.45) is 0.526. The summed E-state index contributed by atoms with van der Waals surface area (Å²) in [5.74, 6) is 0.641. The third-order valence-corrected chi connectivity index (χ3v) is 7.33. The molecular formula is C24H22ClN5O5. The van der Waals surface area contributed by atoms with Gasteiger partial charge in [0.2, 0.25) is 0 Å². The Kier molecular flexibility index (Phi) is 5.44. The number of nitrogens with one attached hydrogen (secondary N) is 1. The Morgan fingerprint density at radius 3 is 2.49 bits per heavy atom. The number of amides is 5. The number of methoxy groups -OCH3 is 2. The van der Waals surface area contributed by atoms with Crippen molar-refractivity contribution in [2.24, 2.45) is 0 Å². The lowest BCUT2D eigenvalue weighted by molar-refractivity contribution is -0.120. The first kappa shape index (κ1) is 22.8. The number of hydrogen-bond acceptors (Lipinski definition) is 6. The van der Waals surface area contributed by atoms with Gasteiger partial charge in [-0.3, -0.25) is 4.79 Å². The fraction of sp³-hybridized carbons (Fsp3) is 0.333. The number of ether oxygens (including phenoxy) is 2. The number of imide groups is 1. The van der Waals surface area contributed by atoms with E-state index >= 15 is 0 Å². The third-order valence-electron chi connectivity index (χ3n) is 6.85. The van der Waals surface area contributed by atoms with Crippen molar-refractivity contribution in [2.75, 3.05) is 31.0 Å². The molecule has 35 heavy (non-hydrogen) atoms. The highest BCUT2D eigenvalue weighted by atomic mass is 35.5. The number of rotatable bonds is 4. The molecule has 1 N–H and O–H groups in total. The van der Waals surface area contributed by atoms with Gasteiger partial charge >= 0.3 is 12.1 Å². The SMILES string of the molecule is COc1cc(NC(=O)N2C[C@H]3CC2C2C(=O)N(c4ccc(C#N)c(Cl)c4C)C(=O)N23)cc(OC)c1. The summed E-state index contributed by atoms with van der Waals surface area (Å²) in [7, 11) is 3.04. The molecule has 2 aromatic carbocycles. The minimum Gasteiger partial charge on any atom is -0.497 e. The Morgan fingerprint density at radius 2 is 1.86 bits per heavy atom. The molecule has 2 bridgehead atoms. The van der Waals surface area contributed by atoms with E-state index in [1.165, 1.54) is 20.3 Å². The van der Waals surface area contributed by atoms with Crippen LogP contribution < -0.4 is 19.7 Å². The minimum atomic E-state index is -0.777. The summed E-state index contributed by atoms with van der Waals surface area (Å²) in [4.78, 5) is 44.2. The van der Waals surface area contributed by atoms with Gasteiger partial charge in [-0.1, -0.05) is 11.6 Å². The molecule has 0 spiro atoms. The molecule has 0 saturated carbocycles. The van der Waals surface area contributed by atoms with Crippen LogP contribution >= 0.6 is 11.6 Å². The summed E-state index contributed by atoms with van der Waals surface area (Å²) >= 11 is 6.28. The van der Waals surface area contributed by atoms with E-state index in [1.807, 2.05) is 6.07 Å². The van der Waals surface area contributed by atoms with Crippen molar-refractivity contribution >= 4 is 40.9 Å². The predicted molar refractivity (Wildman–Crippen MR) is 127 cm³/mol. The average molecular weight is 496 g/mol. The van der Waals surface area contributed by atoms with E-state index in [1.54, 1.807) is 41.0 Å². The second kappa shape index (κ2) is 8.36. The highest BCUT2D eigenvalue weighted by molar-refractivity contribution is 6.33. The zero-order chi connectivity index (χ0) is 25.0. The van der Waals surface area contributed by atoms with Crippen LogP contribution in [0, 0.1) is 18.3 Å². The largest absolute Gasteiger partial charge is 0.497 e. The molecule has 10 nitrogen and oxygen atoms in total. The van der Waals surface area contributed by atoms with Crippen LogP contribution in [0.3, 0.4) is 0 Å². The van der Waals surface area contributed by atoms with Crippen LogP contribution in [0.15, 0.2) is 30.3 Å². The number of fused-ring (bicyclic) bond motifs is 5. The maximum Gasteiger partial charge on any atom is 0.332 e. The number of carbonyl (C=O) groups excluding carboxylic acids is 3. The molecule has 3 saturated heterocycles. The van der Waals surface area contributed by atoms with Crippen molar-refractivity contribution in [1.29, 1.82) is 5.26 Å². The lowest BCUT2D eigenvalue weighted by atomic mass is 10.1. The number of halogens is 1. The second-order valence-electron chi connectivity index (χ2n) is 8.63. The third kappa shape index (κ3) is 3.42. The number of likely N-dealkylation sites (tertiary alicyclic amines) is 1. The molecule has 11 heteroatoms. The molecule has 2 aromatic rings. The molecule has 3 heterocycles. The number of urea groups is 2. The van der Waals surface area contributed by atoms with Crippen molar-refractivity contribution in [1.82, 2.24) is 9.80 Å². The van der Waals surface area contributed by atoms with Gasteiger partial charge in [-0.2, -0.15) is 5.26 Å². The van der Waals surface area contributed by atoms with Crippen molar-refractivity contribution in [3.63, 3.8) is 0 Å². The summed E-state index contributed by atoms with van der Waals surface area (Å²) < 4.78 is 10.5. The van der Waals surface area contributed by atoms with Gasteiger partial charge in [0, 0.05) is 30.4 Å². The van der Waals surface area contributed by atoms with Crippen molar-refractivity contribution < 1.29 is 23.9 Å². The molecule has 5 rings (SSSR count). The van der Waals surface area contributed by atoms with Gasteiger partial charge in [0.15, 0.2) is 0 Å². The predicted octanol–water partition coefficient (Wildman–Crippen LogP) is 3.36. The minimum absolute atomic E-state index is 0.204. The molecular weight excluding hydrogens is 474 g/mol. The standard InChI is InChI=1S/C24H22ClN5O5/c1-12-18(5-4-13(10-26)20(12)25)30-22(31)21-19-8-15(29(21)24(30)33)11-28(19)23(32)27-14-6-16(34-2)9-17(7-14)35-3/h4-7,9,15,19,21H,8,11H2,1-3H3,(H,27,32)/t15-,19?,21?/m1/s1. The lowest BCUT2D eigenvalue weighted by Gasteiger charge is -2.34. The molecule has 5 amide bonds. The number of nitriles is 1. The molecule has 0 aliphatic carbocycles. The van der Waals surface area contributed by atoms with E-state index in [2.05, 4.69) is 5.32 Å². The number of anilines is 2. The molecule has 0 radical (unpaired) electrons. The van der Waals surface area contributed by atoms with Gasteiger partial charge in [0.05, 0.1) is 42.6 Å². The molecule has 0 aromatic heterocycles. The first-order valence-electron chi connectivity index (χ1n) is 10.9.